The first-order valence-electron chi connectivity index (χ1n) is 9.11. The lowest BCUT2D eigenvalue weighted by atomic mass is 10.2. The topological polar surface area (TPSA) is 72.7 Å². The maximum absolute atomic E-state index is 12.4. The molecule has 3 aromatic heterocycles. The van der Waals surface area contributed by atoms with Crippen LogP contribution in [0.15, 0.2) is 58.4 Å². The number of hydrogen-bond acceptors (Lipinski definition) is 7. The van der Waals surface area contributed by atoms with Crippen molar-refractivity contribution in [2.24, 2.45) is 0 Å². The number of carbonyl (C=O) groups excluding carboxylic acids is 1. The normalized spacial score (nSPS) is 10.9. The predicted molar refractivity (Wildman–Crippen MR) is 120 cm³/mol. The molecule has 6 nitrogen and oxygen atoms in total. The van der Waals surface area contributed by atoms with Gasteiger partial charge in [-0.2, -0.15) is 0 Å². The molecule has 0 aliphatic carbocycles. The van der Waals surface area contributed by atoms with Gasteiger partial charge in [-0.3, -0.25) is 4.79 Å². The van der Waals surface area contributed by atoms with Gasteiger partial charge in [0.05, 0.1) is 11.4 Å². The number of carbonyl (C=O) groups is 1. The molecule has 0 aliphatic heterocycles. The van der Waals surface area contributed by atoms with E-state index in [1.54, 1.807) is 11.3 Å². The van der Waals surface area contributed by atoms with Crippen LogP contribution in [0.2, 0.25) is 0 Å². The van der Waals surface area contributed by atoms with Gasteiger partial charge in [0.15, 0.2) is 10.3 Å². The third kappa shape index (κ3) is 4.92. The van der Waals surface area contributed by atoms with Crippen LogP contribution in [0.25, 0.3) is 11.3 Å². The summed E-state index contributed by atoms with van der Waals surface area (Å²) in [7, 11) is 0. The second-order valence-corrected chi connectivity index (χ2v) is 8.97. The minimum absolute atomic E-state index is 0.102. The van der Waals surface area contributed by atoms with Crippen molar-refractivity contribution in [3.63, 3.8) is 0 Å². The maximum Gasteiger partial charge on any atom is 0.236 e. The van der Waals surface area contributed by atoms with Crippen LogP contribution in [-0.2, 0) is 17.8 Å². The number of nitrogens with one attached hydrogen (secondary N) is 1. The zero-order valence-corrected chi connectivity index (χ0v) is 18.2. The summed E-state index contributed by atoms with van der Waals surface area (Å²) in [5, 5.41) is 16.8. The number of aromatic nitrogens is 4. The molecule has 9 heteroatoms. The van der Waals surface area contributed by atoms with E-state index in [9.17, 15) is 4.79 Å². The molecule has 0 unspecified atom stereocenters. The summed E-state index contributed by atoms with van der Waals surface area (Å²) < 4.78 is 2.06. The van der Waals surface area contributed by atoms with Crippen LogP contribution in [0, 0.1) is 0 Å². The van der Waals surface area contributed by atoms with E-state index in [0.29, 0.717) is 5.13 Å². The molecule has 0 fully saturated rings. The standard InChI is InChI=1S/C20H19N5OS3/c1-2-25-17(11-15-9-6-10-27-15)23-24-20(25)29-13-18(26)22-19-21-16(12-28-19)14-7-4-3-5-8-14/h3-10,12H,2,11,13H2,1H3,(H,21,22,26). The number of amides is 1. The van der Waals surface area contributed by atoms with Crippen molar-refractivity contribution in [1.82, 2.24) is 19.7 Å². The van der Waals surface area contributed by atoms with E-state index in [1.165, 1.54) is 28.0 Å². The highest BCUT2D eigenvalue weighted by Gasteiger charge is 2.15. The smallest absolute Gasteiger partial charge is 0.236 e. The summed E-state index contributed by atoms with van der Waals surface area (Å²) in [5.74, 6) is 1.08. The number of rotatable bonds is 8. The Balaban J connectivity index is 1.35. The minimum Gasteiger partial charge on any atom is -0.306 e. The van der Waals surface area contributed by atoms with Gasteiger partial charge < -0.3 is 9.88 Å². The third-order valence-electron chi connectivity index (χ3n) is 4.17. The van der Waals surface area contributed by atoms with Crippen molar-refractivity contribution in [3.05, 3.63) is 63.9 Å². The lowest BCUT2D eigenvalue weighted by Crippen LogP contribution is -2.14. The third-order valence-corrected chi connectivity index (χ3v) is 6.78. The maximum atomic E-state index is 12.4. The average Bonchev–Trinajstić information content (AvgIpc) is 3.49. The number of thiazole rings is 1. The van der Waals surface area contributed by atoms with Gasteiger partial charge in [0, 0.05) is 28.8 Å². The van der Waals surface area contributed by atoms with Gasteiger partial charge in [-0.15, -0.1) is 32.9 Å². The SMILES string of the molecule is CCn1c(Cc2cccs2)nnc1SCC(=O)Nc1nc(-c2ccccc2)cs1. The molecule has 0 saturated heterocycles. The van der Waals surface area contributed by atoms with Gasteiger partial charge in [-0.1, -0.05) is 48.2 Å². The Morgan fingerprint density at radius 3 is 2.76 bits per heavy atom. The Labute approximate surface area is 181 Å². The van der Waals surface area contributed by atoms with Crippen molar-refractivity contribution in [3.8, 4) is 11.3 Å². The van der Waals surface area contributed by atoms with E-state index in [0.717, 1.165) is 35.2 Å². The quantitative estimate of drug-likeness (QED) is 0.398. The molecule has 0 atom stereocenters. The van der Waals surface area contributed by atoms with Crippen LogP contribution in [0.1, 0.15) is 17.6 Å². The number of thioether (sulfide) groups is 1. The second kappa shape index (κ2) is 9.34. The van der Waals surface area contributed by atoms with Gasteiger partial charge in [0.1, 0.15) is 5.82 Å². The summed E-state index contributed by atoms with van der Waals surface area (Å²) in [5.41, 5.74) is 1.90. The molecule has 1 amide bonds. The Bertz CT molecular complexity index is 1070. The number of benzene rings is 1. The molecule has 4 aromatic rings. The number of thiophene rings is 1. The highest BCUT2D eigenvalue weighted by molar-refractivity contribution is 7.99. The largest absolute Gasteiger partial charge is 0.306 e. The van der Waals surface area contributed by atoms with Crippen molar-refractivity contribution < 1.29 is 4.79 Å². The molecule has 0 saturated carbocycles. The fourth-order valence-electron chi connectivity index (χ4n) is 2.80. The van der Waals surface area contributed by atoms with E-state index < -0.39 is 0 Å². The number of nitrogens with zero attached hydrogens (tertiary/aromatic N) is 4. The monoisotopic (exact) mass is 441 g/mol. The molecule has 0 aliphatic rings. The van der Waals surface area contributed by atoms with Gasteiger partial charge in [0.2, 0.25) is 5.91 Å². The first-order valence-corrected chi connectivity index (χ1v) is 11.9. The second-order valence-electron chi connectivity index (χ2n) is 6.14. The molecule has 4 rings (SSSR count). The van der Waals surface area contributed by atoms with Gasteiger partial charge in [0.25, 0.3) is 0 Å². The van der Waals surface area contributed by atoms with Gasteiger partial charge >= 0.3 is 0 Å². The van der Waals surface area contributed by atoms with E-state index in [2.05, 4.69) is 43.4 Å². The van der Waals surface area contributed by atoms with Crippen molar-refractivity contribution in [1.29, 1.82) is 0 Å². The highest BCUT2D eigenvalue weighted by atomic mass is 32.2. The van der Waals surface area contributed by atoms with Crippen LogP contribution in [0.5, 0.6) is 0 Å². The van der Waals surface area contributed by atoms with Crippen molar-refractivity contribution in [2.75, 3.05) is 11.1 Å². The van der Waals surface area contributed by atoms with Gasteiger partial charge in [-0.05, 0) is 18.4 Å². The van der Waals surface area contributed by atoms with E-state index >= 15 is 0 Å². The fourth-order valence-corrected chi connectivity index (χ4v) is 5.06. The Hall–Kier alpha value is -2.49. The lowest BCUT2D eigenvalue weighted by molar-refractivity contribution is -0.113. The minimum atomic E-state index is -0.102. The molecule has 0 spiro atoms. The molecule has 0 radical (unpaired) electrons. The number of anilines is 1. The predicted octanol–water partition coefficient (Wildman–Crippen LogP) is 4.80. The molecule has 1 aromatic carbocycles. The van der Waals surface area contributed by atoms with Crippen LogP contribution >= 0.6 is 34.4 Å². The highest BCUT2D eigenvalue weighted by Crippen LogP contribution is 2.25. The van der Waals surface area contributed by atoms with Crippen molar-refractivity contribution >= 4 is 45.5 Å². The summed E-state index contributed by atoms with van der Waals surface area (Å²) in [6.07, 6.45) is 0.757. The van der Waals surface area contributed by atoms with E-state index in [4.69, 9.17) is 0 Å². The lowest BCUT2D eigenvalue weighted by Gasteiger charge is -2.06. The summed E-state index contributed by atoms with van der Waals surface area (Å²) >= 11 is 4.53. The molecule has 0 bridgehead atoms. The zero-order valence-electron chi connectivity index (χ0n) is 15.7. The Kier molecular flexibility index (Phi) is 6.38. The van der Waals surface area contributed by atoms with E-state index in [-0.39, 0.29) is 11.7 Å². The summed E-state index contributed by atoms with van der Waals surface area (Å²) in [4.78, 5) is 18.1. The molecule has 3 heterocycles. The zero-order chi connectivity index (χ0) is 20.1. The van der Waals surface area contributed by atoms with Crippen LogP contribution in [0.3, 0.4) is 0 Å². The molecule has 148 valence electrons. The first kappa shape index (κ1) is 19.8. The van der Waals surface area contributed by atoms with Crippen molar-refractivity contribution in [2.45, 2.75) is 25.0 Å². The number of hydrogen-bond donors (Lipinski definition) is 1. The summed E-state index contributed by atoms with van der Waals surface area (Å²) in [6, 6.07) is 14.0. The molecule has 1 N–H and O–H groups in total. The first-order chi connectivity index (χ1) is 14.2. The summed E-state index contributed by atoms with van der Waals surface area (Å²) in [6.45, 7) is 2.83. The Morgan fingerprint density at radius 2 is 2.00 bits per heavy atom. The average molecular weight is 442 g/mol. The van der Waals surface area contributed by atoms with Crippen LogP contribution in [-0.4, -0.2) is 31.4 Å². The fraction of sp³-hybridized carbons (Fsp3) is 0.200. The van der Waals surface area contributed by atoms with Crippen LogP contribution < -0.4 is 5.32 Å². The van der Waals surface area contributed by atoms with E-state index in [1.807, 2.05) is 41.8 Å². The van der Waals surface area contributed by atoms with Gasteiger partial charge in [-0.25, -0.2) is 4.98 Å². The molecule has 29 heavy (non-hydrogen) atoms. The molecular weight excluding hydrogens is 422 g/mol. The van der Waals surface area contributed by atoms with Crippen LogP contribution in [0.4, 0.5) is 5.13 Å². The Morgan fingerprint density at radius 1 is 1.14 bits per heavy atom. The molecular formula is C20H19N5OS3.